The third-order valence-corrected chi connectivity index (χ3v) is 4.68. The minimum Gasteiger partial charge on any atom is -0.496 e. The zero-order valence-corrected chi connectivity index (χ0v) is 17.5. The number of rotatable bonds is 10. The molecule has 0 saturated carbocycles. The van der Waals surface area contributed by atoms with E-state index in [1.807, 2.05) is 18.2 Å². The van der Waals surface area contributed by atoms with Gasteiger partial charge in [-0.05, 0) is 37.8 Å². The van der Waals surface area contributed by atoms with E-state index in [1.165, 1.54) is 0 Å². The SMILES string of the molecule is CCCC(CC)Oc1nc(CC)c(-c2c(OC)cccc2OC)nc1CC. The molecule has 1 unspecified atom stereocenters. The number of hydrogen-bond acceptors (Lipinski definition) is 5. The predicted octanol–water partition coefficient (Wildman–Crippen LogP) is 5.24. The molecule has 0 saturated heterocycles. The van der Waals surface area contributed by atoms with Crippen LogP contribution < -0.4 is 14.2 Å². The Balaban J connectivity index is 2.60. The topological polar surface area (TPSA) is 53.5 Å². The van der Waals surface area contributed by atoms with Crippen molar-refractivity contribution in [2.75, 3.05) is 14.2 Å². The molecule has 0 aliphatic carbocycles. The molecule has 2 aromatic rings. The average Bonchev–Trinajstić information content (AvgIpc) is 2.72. The summed E-state index contributed by atoms with van der Waals surface area (Å²) in [6.07, 6.45) is 4.73. The van der Waals surface area contributed by atoms with E-state index in [2.05, 4.69) is 27.7 Å². The lowest BCUT2D eigenvalue weighted by Gasteiger charge is -2.20. The average molecular weight is 373 g/mol. The van der Waals surface area contributed by atoms with Crippen molar-refractivity contribution in [2.24, 2.45) is 0 Å². The van der Waals surface area contributed by atoms with Crippen molar-refractivity contribution in [1.29, 1.82) is 0 Å². The van der Waals surface area contributed by atoms with Gasteiger partial charge in [-0.25, -0.2) is 9.97 Å². The summed E-state index contributed by atoms with van der Waals surface area (Å²) in [6.45, 7) is 8.47. The number of hydrogen-bond donors (Lipinski definition) is 0. The molecule has 5 nitrogen and oxygen atoms in total. The van der Waals surface area contributed by atoms with Gasteiger partial charge in [0.25, 0.3) is 0 Å². The Hall–Kier alpha value is -2.30. The quantitative estimate of drug-likeness (QED) is 0.570. The lowest BCUT2D eigenvalue weighted by atomic mass is 10.0. The molecule has 1 heterocycles. The zero-order valence-electron chi connectivity index (χ0n) is 17.5. The molecule has 0 fully saturated rings. The fourth-order valence-electron chi connectivity index (χ4n) is 3.17. The third kappa shape index (κ3) is 4.71. The van der Waals surface area contributed by atoms with Gasteiger partial charge in [-0.1, -0.05) is 40.2 Å². The van der Waals surface area contributed by atoms with Crippen molar-refractivity contribution in [3.05, 3.63) is 29.6 Å². The van der Waals surface area contributed by atoms with Crippen LogP contribution in [0.4, 0.5) is 0 Å². The van der Waals surface area contributed by atoms with Crippen LogP contribution in [0.1, 0.15) is 58.3 Å². The van der Waals surface area contributed by atoms with Crippen molar-refractivity contribution < 1.29 is 14.2 Å². The Bertz CT molecular complexity index is 724. The second-order valence-electron chi connectivity index (χ2n) is 6.45. The molecular weight excluding hydrogens is 340 g/mol. The van der Waals surface area contributed by atoms with Gasteiger partial charge in [0.15, 0.2) is 0 Å². The van der Waals surface area contributed by atoms with Crippen LogP contribution in [0.5, 0.6) is 17.4 Å². The van der Waals surface area contributed by atoms with E-state index in [0.29, 0.717) is 5.88 Å². The lowest BCUT2D eigenvalue weighted by molar-refractivity contribution is 0.175. The van der Waals surface area contributed by atoms with Gasteiger partial charge in [0.1, 0.15) is 23.3 Å². The standard InChI is InChI=1S/C22H32N2O3/c1-7-12-15(8-2)27-22-17(10-4)23-21(16(9-3)24-22)20-18(25-5)13-11-14-19(20)26-6/h11,13-15H,7-10,12H2,1-6H3. The van der Waals surface area contributed by atoms with Crippen LogP contribution in [0, 0.1) is 0 Å². The highest BCUT2D eigenvalue weighted by Crippen LogP contribution is 2.39. The highest BCUT2D eigenvalue weighted by molar-refractivity contribution is 5.76. The Morgan fingerprint density at radius 1 is 0.889 bits per heavy atom. The van der Waals surface area contributed by atoms with Crippen molar-refractivity contribution in [3.63, 3.8) is 0 Å². The van der Waals surface area contributed by atoms with Crippen LogP contribution in [-0.4, -0.2) is 30.3 Å². The van der Waals surface area contributed by atoms with Gasteiger partial charge in [-0.15, -0.1) is 0 Å². The van der Waals surface area contributed by atoms with E-state index in [9.17, 15) is 0 Å². The van der Waals surface area contributed by atoms with Gasteiger partial charge in [0.2, 0.25) is 5.88 Å². The highest BCUT2D eigenvalue weighted by Gasteiger charge is 2.22. The first-order valence-electron chi connectivity index (χ1n) is 9.91. The number of benzene rings is 1. The van der Waals surface area contributed by atoms with Crippen molar-refractivity contribution in [1.82, 2.24) is 9.97 Å². The molecule has 0 spiro atoms. The summed E-state index contributed by atoms with van der Waals surface area (Å²) in [5.41, 5.74) is 3.40. The first-order chi connectivity index (χ1) is 13.1. The highest BCUT2D eigenvalue weighted by atomic mass is 16.5. The second-order valence-corrected chi connectivity index (χ2v) is 6.45. The molecule has 2 rings (SSSR count). The molecule has 0 amide bonds. The first kappa shape index (κ1) is 21.0. The maximum atomic E-state index is 6.24. The van der Waals surface area contributed by atoms with E-state index in [1.54, 1.807) is 14.2 Å². The van der Waals surface area contributed by atoms with E-state index in [0.717, 1.165) is 66.2 Å². The fraction of sp³-hybridized carbons (Fsp3) is 0.545. The van der Waals surface area contributed by atoms with Gasteiger partial charge < -0.3 is 14.2 Å². The van der Waals surface area contributed by atoms with E-state index in [-0.39, 0.29) is 6.10 Å². The van der Waals surface area contributed by atoms with E-state index in [4.69, 9.17) is 24.2 Å². The predicted molar refractivity (Wildman–Crippen MR) is 109 cm³/mol. The maximum Gasteiger partial charge on any atom is 0.236 e. The molecule has 0 aliphatic heterocycles. The Morgan fingerprint density at radius 3 is 2.00 bits per heavy atom. The molecule has 0 aliphatic rings. The Kier molecular flexibility index (Phi) is 7.89. The van der Waals surface area contributed by atoms with Crippen molar-refractivity contribution >= 4 is 0 Å². The summed E-state index contributed by atoms with van der Waals surface area (Å²) in [7, 11) is 3.32. The van der Waals surface area contributed by atoms with E-state index >= 15 is 0 Å². The molecule has 0 radical (unpaired) electrons. The Morgan fingerprint density at radius 2 is 1.52 bits per heavy atom. The molecule has 0 bridgehead atoms. The fourth-order valence-corrected chi connectivity index (χ4v) is 3.17. The van der Waals surface area contributed by atoms with Crippen molar-refractivity contribution in [2.45, 2.75) is 65.9 Å². The molecule has 1 aromatic carbocycles. The summed E-state index contributed by atoms with van der Waals surface area (Å²) in [6, 6.07) is 5.75. The lowest BCUT2D eigenvalue weighted by Crippen LogP contribution is -2.18. The van der Waals surface area contributed by atoms with Crippen LogP contribution in [0.3, 0.4) is 0 Å². The van der Waals surface area contributed by atoms with Crippen LogP contribution in [0.2, 0.25) is 0 Å². The normalized spacial score (nSPS) is 11.9. The largest absolute Gasteiger partial charge is 0.496 e. The molecule has 27 heavy (non-hydrogen) atoms. The summed E-state index contributed by atoms with van der Waals surface area (Å²) in [4.78, 5) is 9.81. The van der Waals surface area contributed by atoms with Gasteiger partial charge in [0.05, 0.1) is 31.2 Å². The number of methoxy groups -OCH3 is 2. The molecule has 1 atom stereocenters. The first-order valence-corrected chi connectivity index (χ1v) is 9.91. The van der Waals surface area contributed by atoms with Crippen LogP contribution in [-0.2, 0) is 12.8 Å². The Labute approximate surface area is 163 Å². The molecule has 1 aromatic heterocycles. The monoisotopic (exact) mass is 372 g/mol. The van der Waals surface area contributed by atoms with Gasteiger partial charge in [-0.2, -0.15) is 0 Å². The maximum absolute atomic E-state index is 6.24. The van der Waals surface area contributed by atoms with Crippen LogP contribution >= 0.6 is 0 Å². The number of aryl methyl sites for hydroxylation is 2. The number of aromatic nitrogens is 2. The smallest absolute Gasteiger partial charge is 0.236 e. The molecule has 0 N–H and O–H groups in total. The number of ether oxygens (including phenoxy) is 3. The van der Waals surface area contributed by atoms with Crippen LogP contribution in [0.25, 0.3) is 11.3 Å². The minimum absolute atomic E-state index is 0.172. The summed E-state index contributed by atoms with van der Waals surface area (Å²) >= 11 is 0. The molecule has 148 valence electrons. The van der Waals surface area contributed by atoms with Gasteiger partial charge in [0, 0.05) is 0 Å². The minimum atomic E-state index is 0.172. The summed E-state index contributed by atoms with van der Waals surface area (Å²) in [5.74, 6) is 2.12. The van der Waals surface area contributed by atoms with Crippen molar-refractivity contribution in [3.8, 4) is 28.6 Å². The van der Waals surface area contributed by atoms with Crippen LogP contribution in [0.15, 0.2) is 18.2 Å². The summed E-state index contributed by atoms with van der Waals surface area (Å²) in [5, 5.41) is 0. The number of nitrogens with zero attached hydrogens (tertiary/aromatic N) is 2. The van der Waals surface area contributed by atoms with Gasteiger partial charge in [-0.3, -0.25) is 0 Å². The molecular formula is C22H32N2O3. The van der Waals surface area contributed by atoms with E-state index < -0.39 is 0 Å². The zero-order chi connectivity index (χ0) is 19.8. The molecule has 5 heteroatoms. The third-order valence-electron chi connectivity index (χ3n) is 4.68. The second kappa shape index (κ2) is 10.1. The van der Waals surface area contributed by atoms with Gasteiger partial charge >= 0.3 is 0 Å². The summed E-state index contributed by atoms with van der Waals surface area (Å²) < 4.78 is 17.4.